The molecule has 0 spiro atoms. The summed E-state index contributed by atoms with van der Waals surface area (Å²) in [6.45, 7) is 10.6. The van der Waals surface area contributed by atoms with Crippen molar-refractivity contribution in [3.05, 3.63) is 29.3 Å². The number of aromatic carboxylic acids is 1. The van der Waals surface area contributed by atoms with Gasteiger partial charge >= 0.3 is 5.97 Å². The molecule has 1 rings (SSSR count). The first-order valence-electron chi connectivity index (χ1n) is 6.09. The second-order valence-corrected chi connectivity index (χ2v) is 11.4. The minimum atomic E-state index is -1.99. The van der Waals surface area contributed by atoms with E-state index in [1.54, 1.807) is 12.1 Å². The maximum atomic E-state index is 11.4. The molecule has 0 bridgehead atoms. The first kappa shape index (κ1) is 14.9. The van der Waals surface area contributed by atoms with Crippen molar-refractivity contribution >= 4 is 19.2 Å². The van der Waals surface area contributed by atoms with E-state index in [1.165, 1.54) is 0 Å². The molecular formula is C14H22O3Si. The molecule has 4 heteroatoms. The summed E-state index contributed by atoms with van der Waals surface area (Å²) in [6, 6.07) is 5.16. The Labute approximate surface area is 109 Å². The molecule has 18 heavy (non-hydrogen) atoms. The minimum Gasteiger partial charge on any atom is -0.478 e. The summed E-state index contributed by atoms with van der Waals surface area (Å²) in [5.74, 6) is -0.912. The van der Waals surface area contributed by atoms with Gasteiger partial charge in [0.05, 0.1) is 20.2 Å². The Kier molecular flexibility index (Phi) is 4.03. The van der Waals surface area contributed by atoms with Gasteiger partial charge in [-0.15, -0.1) is 0 Å². The summed E-state index contributed by atoms with van der Waals surface area (Å²) in [7, 11) is -1.99. The van der Waals surface area contributed by atoms with Crippen LogP contribution in [0.4, 0.5) is 0 Å². The number of hydrogen-bond donors (Lipinski definition) is 2. The van der Waals surface area contributed by atoms with Crippen LogP contribution >= 0.6 is 0 Å². The quantitative estimate of drug-likeness (QED) is 0.827. The van der Waals surface area contributed by atoms with E-state index >= 15 is 0 Å². The third-order valence-corrected chi connectivity index (χ3v) is 9.64. The number of hydrogen-bond acceptors (Lipinski definition) is 2. The number of rotatable bonds is 3. The molecule has 0 aliphatic carbocycles. The molecule has 0 unspecified atom stereocenters. The Balaban J connectivity index is 3.60. The first-order chi connectivity index (χ1) is 8.13. The monoisotopic (exact) mass is 266 g/mol. The van der Waals surface area contributed by atoms with Crippen LogP contribution in [-0.2, 0) is 6.61 Å². The molecule has 0 atom stereocenters. The van der Waals surface area contributed by atoms with E-state index in [0.717, 1.165) is 10.8 Å². The second kappa shape index (κ2) is 4.86. The van der Waals surface area contributed by atoms with Crippen LogP contribution in [0.1, 0.15) is 36.7 Å². The molecule has 0 amide bonds. The highest BCUT2D eigenvalue weighted by Crippen LogP contribution is 2.36. The van der Waals surface area contributed by atoms with E-state index in [1.807, 2.05) is 6.07 Å². The molecule has 0 aliphatic heterocycles. The predicted octanol–water partition coefficient (Wildman–Crippen LogP) is 2.59. The summed E-state index contributed by atoms with van der Waals surface area (Å²) < 4.78 is 0. The van der Waals surface area contributed by atoms with Gasteiger partial charge in [-0.1, -0.05) is 46.0 Å². The van der Waals surface area contributed by atoms with E-state index in [2.05, 4.69) is 33.9 Å². The summed E-state index contributed by atoms with van der Waals surface area (Å²) >= 11 is 0. The van der Waals surface area contributed by atoms with Crippen LogP contribution in [0.2, 0.25) is 18.1 Å². The van der Waals surface area contributed by atoms with Crippen LogP contribution in [0.5, 0.6) is 0 Å². The molecule has 0 saturated carbocycles. The van der Waals surface area contributed by atoms with Crippen molar-refractivity contribution in [2.24, 2.45) is 0 Å². The summed E-state index contributed by atoms with van der Waals surface area (Å²) in [4.78, 5) is 11.4. The zero-order chi connectivity index (χ0) is 14.1. The zero-order valence-corrected chi connectivity index (χ0v) is 12.7. The van der Waals surface area contributed by atoms with E-state index in [9.17, 15) is 15.0 Å². The first-order valence-corrected chi connectivity index (χ1v) is 9.09. The van der Waals surface area contributed by atoms with Crippen LogP contribution < -0.4 is 5.19 Å². The summed E-state index contributed by atoms with van der Waals surface area (Å²) in [5.41, 5.74) is 1.09. The van der Waals surface area contributed by atoms with Gasteiger partial charge in [-0.25, -0.2) is 4.79 Å². The van der Waals surface area contributed by atoms with Crippen molar-refractivity contribution in [2.75, 3.05) is 0 Å². The lowest BCUT2D eigenvalue weighted by Gasteiger charge is -2.39. The Hall–Kier alpha value is -1.13. The average Bonchev–Trinajstić information content (AvgIpc) is 2.26. The highest BCUT2D eigenvalue weighted by atomic mass is 28.3. The van der Waals surface area contributed by atoms with E-state index in [-0.39, 0.29) is 11.6 Å². The Morgan fingerprint density at radius 1 is 1.28 bits per heavy atom. The maximum Gasteiger partial charge on any atom is 0.335 e. The summed E-state index contributed by atoms with van der Waals surface area (Å²) in [6.07, 6.45) is 0. The highest BCUT2D eigenvalue weighted by Gasteiger charge is 2.40. The van der Waals surface area contributed by atoms with Gasteiger partial charge < -0.3 is 10.2 Å². The minimum absolute atomic E-state index is 0.0302. The van der Waals surface area contributed by atoms with Crippen LogP contribution in [0.3, 0.4) is 0 Å². The molecule has 0 heterocycles. The lowest BCUT2D eigenvalue weighted by atomic mass is 10.1. The zero-order valence-electron chi connectivity index (χ0n) is 11.7. The largest absolute Gasteiger partial charge is 0.478 e. The maximum absolute atomic E-state index is 11.4. The fourth-order valence-electron chi connectivity index (χ4n) is 2.02. The van der Waals surface area contributed by atoms with Crippen molar-refractivity contribution < 1.29 is 15.0 Å². The molecule has 100 valence electrons. The van der Waals surface area contributed by atoms with Crippen molar-refractivity contribution in [3.63, 3.8) is 0 Å². The van der Waals surface area contributed by atoms with Gasteiger partial charge in [0.2, 0.25) is 0 Å². The number of aliphatic hydroxyl groups is 1. The van der Waals surface area contributed by atoms with E-state index < -0.39 is 14.0 Å². The lowest BCUT2D eigenvalue weighted by Crippen LogP contribution is -2.53. The fraction of sp³-hybridized carbons (Fsp3) is 0.500. The predicted molar refractivity (Wildman–Crippen MR) is 76.2 cm³/mol. The number of aliphatic hydroxyl groups excluding tert-OH is 1. The van der Waals surface area contributed by atoms with E-state index in [4.69, 9.17) is 0 Å². The van der Waals surface area contributed by atoms with Gasteiger partial charge in [-0.05, 0) is 21.9 Å². The van der Waals surface area contributed by atoms with Crippen LogP contribution in [-0.4, -0.2) is 24.3 Å². The number of carboxylic acid groups (broad SMARTS) is 1. The number of carbonyl (C=O) groups is 1. The van der Waals surface area contributed by atoms with Crippen molar-refractivity contribution in [1.82, 2.24) is 0 Å². The Bertz CT molecular complexity index is 459. The van der Waals surface area contributed by atoms with Crippen molar-refractivity contribution in [3.8, 4) is 0 Å². The third kappa shape index (κ3) is 2.49. The SMILES string of the molecule is CC(C)(C)[Si](C)(C)c1c(CO)cccc1C(=O)O. The smallest absolute Gasteiger partial charge is 0.335 e. The molecule has 0 aromatic heterocycles. The second-order valence-electron chi connectivity index (χ2n) is 6.18. The average molecular weight is 266 g/mol. The topological polar surface area (TPSA) is 57.5 Å². The Morgan fingerprint density at radius 3 is 2.22 bits per heavy atom. The molecule has 3 nitrogen and oxygen atoms in total. The van der Waals surface area contributed by atoms with Crippen LogP contribution in [0.15, 0.2) is 18.2 Å². The molecule has 1 aromatic carbocycles. The van der Waals surface area contributed by atoms with Crippen molar-refractivity contribution in [1.29, 1.82) is 0 Å². The van der Waals surface area contributed by atoms with Crippen LogP contribution in [0.25, 0.3) is 0 Å². The number of benzene rings is 1. The highest BCUT2D eigenvalue weighted by molar-refractivity contribution is 6.93. The summed E-state index contributed by atoms with van der Waals surface area (Å²) in [5, 5.41) is 19.7. The van der Waals surface area contributed by atoms with Gasteiger partial charge in [0.15, 0.2) is 0 Å². The lowest BCUT2D eigenvalue weighted by molar-refractivity contribution is 0.0698. The molecule has 0 fully saturated rings. The molecule has 0 saturated heterocycles. The van der Waals surface area contributed by atoms with Crippen LogP contribution in [0, 0.1) is 0 Å². The Morgan fingerprint density at radius 2 is 1.83 bits per heavy atom. The van der Waals surface area contributed by atoms with Gasteiger partial charge in [-0.2, -0.15) is 0 Å². The molecule has 1 aromatic rings. The molecule has 0 radical (unpaired) electrons. The number of carboxylic acids is 1. The molecule has 2 N–H and O–H groups in total. The van der Waals surface area contributed by atoms with Gasteiger partial charge in [0.25, 0.3) is 0 Å². The fourth-order valence-corrected chi connectivity index (χ4v) is 4.60. The normalized spacial score (nSPS) is 12.6. The third-order valence-electron chi connectivity index (χ3n) is 4.05. The molecule has 0 aliphatic rings. The van der Waals surface area contributed by atoms with E-state index in [0.29, 0.717) is 5.56 Å². The van der Waals surface area contributed by atoms with Gasteiger partial charge in [-0.3, -0.25) is 0 Å². The van der Waals surface area contributed by atoms with Gasteiger partial charge in [0, 0.05) is 0 Å². The molecular weight excluding hydrogens is 244 g/mol. The standard InChI is InChI=1S/C14H22O3Si/c1-14(2,3)18(4,5)12-10(9-15)7-6-8-11(12)13(16)17/h6-8,15H,9H2,1-5H3,(H,16,17). The van der Waals surface area contributed by atoms with Gasteiger partial charge in [0.1, 0.15) is 0 Å². The van der Waals surface area contributed by atoms with Crippen molar-refractivity contribution in [2.45, 2.75) is 45.5 Å².